The number of carboxylic acids is 1. The molecule has 0 unspecified atom stereocenters. The highest BCUT2D eigenvalue weighted by Crippen LogP contribution is 2.21. The molecule has 0 saturated carbocycles. The maximum atomic E-state index is 11.1. The van der Waals surface area contributed by atoms with Gasteiger partial charge in [0, 0.05) is 22.4 Å². The fourth-order valence-corrected chi connectivity index (χ4v) is 2.30. The van der Waals surface area contributed by atoms with E-state index < -0.39 is 5.97 Å². The number of anilines is 2. The Morgan fingerprint density at radius 3 is 2.94 bits per heavy atom. The summed E-state index contributed by atoms with van der Waals surface area (Å²) in [4.78, 5) is 16.3. The van der Waals surface area contributed by atoms with Crippen molar-refractivity contribution >= 4 is 28.7 Å². The van der Waals surface area contributed by atoms with Gasteiger partial charge in [0.15, 0.2) is 0 Å². The molecule has 4 N–H and O–H groups in total. The van der Waals surface area contributed by atoms with E-state index in [1.165, 1.54) is 6.07 Å². The summed E-state index contributed by atoms with van der Waals surface area (Å²) in [6.07, 6.45) is 1.78. The van der Waals surface area contributed by atoms with Gasteiger partial charge in [0.05, 0.1) is 17.1 Å². The number of rotatable bonds is 4. The van der Waals surface area contributed by atoms with Gasteiger partial charge in [-0.3, -0.25) is 0 Å². The van der Waals surface area contributed by atoms with Crippen LogP contribution in [0.25, 0.3) is 0 Å². The Kier molecular flexibility index (Phi) is 3.47. The summed E-state index contributed by atoms with van der Waals surface area (Å²) in [5, 5.41) is 13.2. The van der Waals surface area contributed by atoms with Crippen molar-refractivity contribution in [3.05, 3.63) is 39.8 Å². The van der Waals surface area contributed by atoms with Crippen LogP contribution in [-0.4, -0.2) is 16.1 Å². The van der Waals surface area contributed by atoms with Gasteiger partial charge in [0.25, 0.3) is 0 Å². The van der Waals surface area contributed by atoms with Gasteiger partial charge in [-0.25, -0.2) is 9.78 Å². The minimum Gasteiger partial charge on any atom is -0.478 e. The normalized spacial score (nSPS) is 10.3. The van der Waals surface area contributed by atoms with Crippen LogP contribution in [0.4, 0.5) is 11.4 Å². The van der Waals surface area contributed by atoms with Crippen molar-refractivity contribution in [1.82, 2.24) is 4.98 Å². The van der Waals surface area contributed by atoms with E-state index >= 15 is 0 Å². The summed E-state index contributed by atoms with van der Waals surface area (Å²) in [5.41, 5.74) is 6.75. The van der Waals surface area contributed by atoms with Gasteiger partial charge in [-0.2, -0.15) is 0 Å². The van der Waals surface area contributed by atoms with Crippen molar-refractivity contribution in [1.29, 1.82) is 0 Å². The van der Waals surface area contributed by atoms with Crippen LogP contribution in [0.5, 0.6) is 0 Å². The van der Waals surface area contributed by atoms with Gasteiger partial charge in [0.2, 0.25) is 0 Å². The van der Waals surface area contributed by atoms with Gasteiger partial charge < -0.3 is 16.2 Å². The first-order valence-electron chi connectivity index (χ1n) is 5.34. The predicted molar refractivity (Wildman–Crippen MR) is 72.0 cm³/mol. The maximum Gasteiger partial charge on any atom is 0.337 e. The Morgan fingerprint density at radius 2 is 2.33 bits per heavy atom. The molecule has 0 atom stereocenters. The lowest BCUT2D eigenvalue weighted by atomic mass is 10.1. The number of thiazole rings is 1. The van der Waals surface area contributed by atoms with Crippen LogP contribution < -0.4 is 11.1 Å². The van der Waals surface area contributed by atoms with E-state index in [-0.39, 0.29) is 5.56 Å². The second-order valence-electron chi connectivity index (χ2n) is 3.81. The topological polar surface area (TPSA) is 88.2 Å². The molecule has 0 fully saturated rings. The number of benzene rings is 1. The Morgan fingerprint density at radius 1 is 1.56 bits per heavy atom. The summed E-state index contributed by atoms with van der Waals surface area (Å²) >= 11 is 1.58. The average molecular weight is 263 g/mol. The molecule has 0 bridgehead atoms. The quantitative estimate of drug-likeness (QED) is 0.737. The minimum atomic E-state index is -0.995. The standard InChI is InChI=1S/C12H13N3O2S/c1-7-14-5-9(18-7)6-15-11-3-2-8(13)4-10(11)12(16)17/h2-5,15H,6,13H2,1H3,(H,16,17). The van der Waals surface area contributed by atoms with E-state index in [9.17, 15) is 4.79 Å². The molecule has 2 rings (SSSR count). The Labute approximate surface area is 108 Å². The zero-order valence-corrected chi connectivity index (χ0v) is 10.6. The number of nitrogen functional groups attached to an aromatic ring is 1. The second kappa shape index (κ2) is 5.05. The Balaban J connectivity index is 2.16. The Bertz CT molecular complexity index is 580. The van der Waals surface area contributed by atoms with Gasteiger partial charge >= 0.3 is 5.97 Å². The van der Waals surface area contributed by atoms with Crippen LogP contribution in [0.3, 0.4) is 0 Å². The van der Waals surface area contributed by atoms with Crippen LogP contribution in [0, 0.1) is 6.92 Å². The van der Waals surface area contributed by atoms with Crippen molar-refractivity contribution in [3.63, 3.8) is 0 Å². The first-order valence-corrected chi connectivity index (χ1v) is 6.16. The zero-order chi connectivity index (χ0) is 13.1. The number of nitrogens with zero attached hydrogens (tertiary/aromatic N) is 1. The lowest BCUT2D eigenvalue weighted by Crippen LogP contribution is -2.06. The van der Waals surface area contributed by atoms with Gasteiger partial charge in [-0.1, -0.05) is 0 Å². The van der Waals surface area contributed by atoms with Crippen LogP contribution in [0.2, 0.25) is 0 Å². The first kappa shape index (κ1) is 12.4. The van der Waals surface area contributed by atoms with Crippen molar-refractivity contribution in [2.45, 2.75) is 13.5 Å². The predicted octanol–water partition coefficient (Wildman–Crippen LogP) is 2.34. The number of aryl methyl sites for hydroxylation is 1. The molecular weight excluding hydrogens is 250 g/mol. The molecule has 0 aliphatic carbocycles. The number of aromatic carboxylic acids is 1. The molecule has 6 heteroatoms. The number of hydrogen-bond donors (Lipinski definition) is 3. The molecular formula is C12H13N3O2S. The molecule has 18 heavy (non-hydrogen) atoms. The van der Waals surface area contributed by atoms with Crippen LogP contribution in [0.15, 0.2) is 24.4 Å². The van der Waals surface area contributed by atoms with Crippen molar-refractivity contribution in [2.24, 2.45) is 0 Å². The van der Waals surface area contributed by atoms with Gasteiger partial charge in [-0.05, 0) is 25.1 Å². The Hall–Kier alpha value is -2.08. The molecule has 0 amide bonds. The molecule has 5 nitrogen and oxygen atoms in total. The van der Waals surface area contributed by atoms with E-state index in [1.54, 1.807) is 29.7 Å². The largest absolute Gasteiger partial charge is 0.478 e. The third kappa shape index (κ3) is 2.78. The second-order valence-corrected chi connectivity index (χ2v) is 5.13. The van der Waals surface area contributed by atoms with E-state index in [4.69, 9.17) is 10.8 Å². The van der Waals surface area contributed by atoms with Crippen molar-refractivity contribution in [2.75, 3.05) is 11.1 Å². The molecule has 1 heterocycles. The zero-order valence-electron chi connectivity index (χ0n) is 9.80. The van der Waals surface area contributed by atoms with Gasteiger partial charge in [0.1, 0.15) is 0 Å². The number of carbonyl (C=O) groups is 1. The van der Waals surface area contributed by atoms with Crippen molar-refractivity contribution in [3.8, 4) is 0 Å². The average Bonchev–Trinajstić information content (AvgIpc) is 2.73. The molecule has 1 aromatic heterocycles. The lowest BCUT2D eigenvalue weighted by Gasteiger charge is -2.09. The van der Waals surface area contributed by atoms with Crippen molar-refractivity contribution < 1.29 is 9.90 Å². The summed E-state index contributed by atoms with van der Waals surface area (Å²) < 4.78 is 0. The lowest BCUT2D eigenvalue weighted by molar-refractivity contribution is 0.0698. The SMILES string of the molecule is Cc1ncc(CNc2ccc(N)cc2C(=O)O)s1. The molecule has 0 saturated heterocycles. The first-order chi connectivity index (χ1) is 8.56. The third-order valence-electron chi connectivity index (χ3n) is 2.40. The number of carboxylic acid groups (broad SMARTS) is 1. The summed E-state index contributed by atoms with van der Waals surface area (Å²) in [5.74, 6) is -0.995. The third-order valence-corrected chi connectivity index (χ3v) is 3.31. The molecule has 0 aliphatic rings. The van der Waals surface area contributed by atoms with E-state index in [2.05, 4.69) is 10.3 Å². The fourth-order valence-electron chi connectivity index (χ4n) is 1.56. The highest BCUT2D eigenvalue weighted by Gasteiger charge is 2.10. The summed E-state index contributed by atoms with van der Waals surface area (Å²) in [7, 11) is 0. The molecule has 1 aromatic carbocycles. The molecule has 2 aromatic rings. The number of hydrogen-bond acceptors (Lipinski definition) is 5. The van der Waals surface area contributed by atoms with E-state index in [1.807, 2.05) is 6.92 Å². The van der Waals surface area contributed by atoms with E-state index in [0.717, 1.165) is 9.88 Å². The molecule has 0 aliphatic heterocycles. The molecule has 94 valence electrons. The number of nitrogens with one attached hydrogen (secondary N) is 1. The maximum absolute atomic E-state index is 11.1. The van der Waals surface area contributed by atoms with Crippen LogP contribution in [0.1, 0.15) is 20.2 Å². The van der Waals surface area contributed by atoms with Crippen LogP contribution in [-0.2, 0) is 6.54 Å². The summed E-state index contributed by atoms with van der Waals surface area (Å²) in [6, 6.07) is 4.79. The number of nitrogens with two attached hydrogens (primary N) is 1. The minimum absolute atomic E-state index is 0.177. The van der Waals surface area contributed by atoms with Crippen LogP contribution >= 0.6 is 11.3 Å². The summed E-state index contributed by atoms with van der Waals surface area (Å²) in [6.45, 7) is 2.48. The smallest absolute Gasteiger partial charge is 0.337 e. The monoisotopic (exact) mass is 263 g/mol. The highest BCUT2D eigenvalue weighted by molar-refractivity contribution is 7.11. The van der Waals surface area contributed by atoms with Gasteiger partial charge in [-0.15, -0.1) is 11.3 Å². The molecule has 0 spiro atoms. The number of aromatic nitrogens is 1. The highest BCUT2D eigenvalue weighted by atomic mass is 32.1. The molecule has 0 radical (unpaired) electrons. The fraction of sp³-hybridized carbons (Fsp3) is 0.167. The van der Waals surface area contributed by atoms with E-state index in [0.29, 0.717) is 17.9 Å².